The Morgan fingerprint density at radius 1 is 1.41 bits per heavy atom. The number of aromatic nitrogens is 1. The molecule has 1 atom stereocenters. The van der Waals surface area contributed by atoms with E-state index in [2.05, 4.69) is 27.7 Å². The van der Waals surface area contributed by atoms with Gasteiger partial charge in [0.15, 0.2) is 0 Å². The maximum Gasteiger partial charge on any atom is 0.123 e. The van der Waals surface area contributed by atoms with Crippen molar-refractivity contribution in [1.29, 1.82) is 0 Å². The summed E-state index contributed by atoms with van der Waals surface area (Å²) < 4.78 is 5.60. The lowest BCUT2D eigenvalue weighted by Gasteiger charge is -2.27. The van der Waals surface area contributed by atoms with Crippen molar-refractivity contribution >= 4 is 11.3 Å². The number of nitrogens with two attached hydrogens (primary N) is 1. The fourth-order valence-corrected chi connectivity index (χ4v) is 3.25. The lowest BCUT2D eigenvalue weighted by Crippen LogP contribution is -2.19. The number of ether oxygens (including phenoxy) is 1. The van der Waals surface area contributed by atoms with Crippen LogP contribution in [0.15, 0.2) is 0 Å². The number of rotatable bonds is 5. The highest BCUT2D eigenvalue weighted by molar-refractivity contribution is 7.11. The van der Waals surface area contributed by atoms with Crippen molar-refractivity contribution < 1.29 is 4.74 Å². The summed E-state index contributed by atoms with van der Waals surface area (Å²) in [4.78, 5) is 5.92. The Labute approximate surface area is 108 Å². The van der Waals surface area contributed by atoms with E-state index in [1.54, 1.807) is 18.4 Å². The molecule has 1 unspecified atom stereocenters. The molecule has 0 saturated heterocycles. The average Bonchev–Trinajstić information content (AvgIpc) is 2.60. The van der Waals surface area contributed by atoms with Crippen molar-refractivity contribution in [2.24, 2.45) is 11.1 Å². The number of aryl methyl sites for hydroxylation is 1. The smallest absolute Gasteiger partial charge is 0.123 e. The maximum atomic E-state index is 5.77. The van der Waals surface area contributed by atoms with Gasteiger partial charge >= 0.3 is 0 Å². The Morgan fingerprint density at radius 2 is 2.06 bits per heavy atom. The maximum absolute atomic E-state index is 5.77. The number of hydrogen-bond acceptors (Lipinski definition) is 4. The first kappa shape index (κ1) is 14.6. The topological polar surface area (TPSA) is 48.1 Å². The van der Waals surface area contributed by atoms with Crippen molar-refractivity contribution in [3.05, 3.63) is 15.6 Å². The molecular formula is C13H24N2OS. The predicted molar refractivity (Wildman–Crippen MR) is 73.2 cm³/mol. The minimum atomic E-state index is 0.0448. The molecular weight excluding hydrogens is 232 g/mol. The average molecular weight is 256 g/mol. The number of methoxy groups -OCH3 is 1. The van der Waals surface area contributed by atoms with Gasteiger partial charge in [-0.1, -0.05) is 34.1 Å². The van der Waals surface area contributed by atoms with E-state index < -0.39 is 0 Å². The van der Waals surface area contributed by atoms with Gasteiger partial charge in [0.1, 0.15) is 11.1 Å². The zero-order valence-electron chi connectivity index (χ0n) is 11.5. The standard InChI is InChI=1S/C13H24N2OS/c1-6-7-9-10(8-14)17-12(15-9)11(16-5)13(2,3)4/h11H,6-8,14H2,1-5H3. The number of nitrogens with zero attached hydrogens (tertiary/aromatic N) is 1. The van der Waals surface area contributed by atoms with Crippen molar-refractivity contribution in [2.45, 2.75) is 53.2 Å². The van der Waals surface area contributed by atoms with Crippen molar-refractivity contribution in [2.75, 3.05) is 7.11 Å². The van der Waals surface area contributed by atoms with Crippen LogP contribution in [0.1, 0.15) is 55.8 Å². The Hall–Kier alpha value is -0.450. The molecule has 1 rings (SSSR count). The molecule has 98 valence electrons. The third-order valence-electron chi connectivity index (χ3n) is 2.71. The van der Waals surface area contributed by atoms with Crippen LogP contribution >= 0.6 is 11.3 Å². The molecule has 0 aliphatic rings. The summed E-state index contributed by atoms with van der Waals surface area (Å²) in [7, 11) is 1.75. The van der Waals surface area contributed by atoms with Gasteiger partial charge in [0, 0.05) is 18.5 Å². The zero-order chi connectivity index (χ0) is 13.1. The van der Waals surface area contributed by atoms with Gasteiger partial charge in [0.05, 0.1) is 5.69 Å². The van der Waals surface area contributed by atoms with Crippen LogP contribution in [-0.4, -0.2) is 12.1 Å². The summed E-state index contributed by atoms with van der Waals surface area (Å²) >= 11 is 1.70. The predicted octanol–water partition coefficient (Wildman–Crippen LogP) is 3.29. The highest BCUT2D eigenvalue weighted by Gasteiger charge is 2.29. The van der Waals surface area contributed by atoms with Crippen LogP contribution in [0.3, 0.4) is 0 Å². The third kappa shape index (κ3) is 3.50. The SMILES string of the molecule is CCCc1nc(C(OC)C(C)(C)C)sc1CN. The van der Waals surface area contributed by atoms with Crippen LogP contribution in [0.25, 0.3) is 0 Å². The Bertz CT molecular complexity index is 355. The molecule has 17 heavy (non-hydrogen) atoms. The van der Waals surface area contributed by atoms with Crippen LogP contribution in [-0.2, 0) is 17.7 Å². The van der Waals surface area contributed by atoms with E-state index in [1.807, 2.05) is 0 Å². The molecule has 0 bridgehead atoms. The van der Waals surface area contributed by atoms with E-state index in [0.717, 1.165) is 23.5 Å². The molecule has 2 N–H and O–H groups in total. The van der Waals surface area contributed by atoms with E-state index in [4.69, 9.17) is 15.5 Å². The van der Waals surface area contributed by atoms with Gasteiger partial charge in [-0.2, -0.15) is 0 Å². The van der Waals surface area contributed by atoms with Crippen molar-refractivity contribution in [3.8, 4) is 0 Å². The Kier molecular flexibility index (Phi) is 5.10. The Balaban J connectivity index is 3.05. The molecule has 1 heterocycles. The molecule has 3 nitrogen and oxygen atoms in total. The van der Waals surface area contributed by atoms with Crippen LogP contribution < -0.4 is 5.73 Å². The molecule has 0 saturated carbocycles. The Morgan fingerprint density at radius 3 is 2.47 bits per heavy atom. The van der Waals surface area contributed by atoms with Crippen molar-refractivity contribution in [3.63, 3.8) is 0 Å². The van der Waals surface area contributed by atoms with Crippen molar-refractivity contribution in [1.82, 2.24) is 4.98 Å². The lowest BCUT2D eigenvalue weighted by molar-refractivity contribution is 0.0149. The molecule has 0 aromatic carbocycles. The van der Waals surface area contributed by atoms with E-state index >= 15 is 0 Å². The zero-order valence-corrected chi connectivity index (χ0v) is 12.4. The van der Waals surface area contributed by atoms with Gasteiger partial charge in [0.25, 0.3) is 0 Å². The molecule has 4 heteroatoms. The number of hydrogen-bond donors (Lipinski definition) is 1. The molecule has 0 aliphatic heterocycles. The molecule has 1 aromatic rings. The summed E-state index contributed by atoms with van der Waals surface area (Å²) in [6, 6.07) is 0. The second-order valence-corrected chi connectivity index (χ2v) is 6.47. The van der Waals surface area contributed by atoms with Gasteiger partial charge in [-0.05, 0) is 11.8 Å². The first-order valence-corrected chi connectivity index (χ1v) is 6.97. The highest BCUT2D eigenvalue weighted by Crippen LogP contribution is 2.38. The van der Waals surface area contributed by atoms with Gasteiger partial charge in [-0.25, -0.2) is 4.98 Å². The van der Waals surface area contributed by atoms with E-state index in [1.165, 1.54) is 4.88 Å². The van der Waals surface area contributed by atoms with E-state index in [9.17, 15) is 0 Å². The molecule has 0 amide bonds. The van der Waals surface area contributed by atoms with E-state index in [0.29, 0.717) is 6.54 Å². The molecule has 0 spiro atoms. The van der Waals surface area contributed by atoms with Crippen LogP contribution in [0.5, 0.6) is 0 Å². The summed E-state index contributed by atoms with van der Waals surface area (Å²) in [5.41, 5.74) is 6.99. The third-order valence-corrected chi connectivity index (χ3v) is 3.88. The monoisotopic (exact) mass is 256 g/mol. The van der Waals surface area contributed by atoms with Gasteiger partial charge in [-0.15, -0.1) is 11.3 Å². The van der Waals surface area contributed by atoms with Crippen LogP contribution in [0.2, 0.25) is 0 Å². The fourth-order valence-electron chi connectivity index (χ4n) is 1.93. The van der Waals surface area contributed by atoms with Crippen LogP contribution in [0.4, 0.5) is 0 Å². The first-order chi connectivity index (χ1) is 7.93. The minimum absolute atomic E-state index is 0.0448. The normalized spacial score (nSPS) is 14.0. The summed E-state index contributed by atoms with van der Waals surface area (Å²) in [5.74, 6) is 0. The highest BCUT2D eigenvalue weighted by atomic mass is 32.1. The number of thiazole rings is 1. The second kappa shape index (κ2) is 5.94. The molecule has 0 aliphatic carbocycles. The van der Waals surface area contributed by atoms with Gasteiger partial charge < -0.3 is 10.5 Å². The largest absolute Gasteiger partial charge is 0.374 e. The molecule has 1 aromatic heterocycles. The fraction of sp³-hybridized carbons (Fsp3) is 0.769. The molecule has 0 radical (unpaired) electrons. The summed E-state index contributed by atoms with van der Waals surface area (Å²) in [6.45, 7) is 9.25. The van der Waals surface area contributed by atoms with Gasteiger partial charge in [-0.3, -0.25) is 0 Å². The van der Waals surface area contributed by atoms with Crippen LogP contribution in [0, 0.1) is 5.41 Å². The summed E-state index contributed by atoms with van der Waals surface area (Å²) in [6.07, 6.45) is 2.15. The minimum Gasteiger partial charge on any atom is -0.374 e. The first-order valence-electron chi connectivity index (χ1n) is 6.15. The second-order valence-electron chi connectivity index (χ2n) is 5.36. The lowest BCUT2D eigenvalue weighted by atomic mass is 9.89. The molecule has 0 fully saturated rings. The summed E-state index contributed by atoms with van der Waals surface area (Å²) in [5, 5.41) is 1.06. The van der Waals surface area contributed by atoms with E-state index in [-0.39, 0.29) is 11.5 Å². The van der Waals surface area contributed by atoms with Gasteiger partial charge in [0.2, 0.25) is 0 Å². The quantitative estimate of drug-likeness (QED) is 0.879.